The number of hydrogen-bond donors (Lipinski definition) is 1. The fourth-order valence-corrected chi connectivity index (χ4v) is 2.47. The highest BCUT2D eigenvalue weighted by atomic mass is 16.1. The van der Waals surface area contributed by atoms with Crippen LogP contribution in [0.15, 0.2) is 49.2 Å². The van der Waals surface area contributed by atoms with Gasteiger partial charge >= 0.3 is 0 Å². The summed E-state index contributed by atoms with van der Waals surface area (Å²) in [6.45, 7) is 2.15. The van der Waals surface area contributed by atoms with Crippen LogP contribution in [0.5, 0.6) is 0 Å². The summed E-state index contributed by atoms with van der Waals surface area (Å²) in [5.74, 6) is 0.0489. The molecule has 0 radical (unpaired) electrons. The first kappa shape index (κ1) is 14.3. The average molecular weight is 297 g/mol. The number of carbonyl (C=O) groups excluding carboxylic acids is 1. The topological polar surface area (TPSA) is 64.7 Å². The molecular formula is C16H19N5O. The van der Waals surface area contributed by atoms with Gasteiger partial charge in [-0.3, -0.25) is 9.48 Å². The number of nitrogens with zero attached hydrogens (tertiary/aromatic N) is 4. The van der Waals surface area contributed by atoms with Gasteiger partial charge in [0, 0.05) is 31.2 Å². The predicted octanol–water partition coefficient (Wildman–Crippen LogP) is 1.83. The summed E-state index contributed by atoms with van der Waals surface area (Å²) in [7, 11) is 0. The first-order valence-corrected chi connectivity index (χ1v) is 7.46. The molecule has 1 aromatic carbocycles. The minimum absolute atomic E-state index is 0.0489. The number of rotatable bonds is 7. The van der Waals surface area contributed by atoms with Crippen molar-refractivity contribution >= 4 is 16.8 Å². The second-order valence-electron chi connectivity index (χ2n) is 5.18. The smallest absolute Gasteiger partial charge is 0.221 e. The lowest BCUT2D eigenvalue weighted by Gasteiger charge is -2.07. The van der Waals surface area contributed by atoms with Crippen LogP contribution in [0.25, 0.3) is 10.9 Å². The predicted molar refractivity (Wildman–Crippen MR) is 84.2 cm³/mol. The lowest BCUT2D eigenvalue weighted by Crippen LogP contribution is -2.26. The van der Waals surface area contributed by atoms with Crippen molar-refractivity contribution < 1.29 is 4.79 Å². The van der Waals surface area contributed by atoms with Crippen molar-refractivity contribution in [1.29, 1.82) is 0 Å². The number of hydrogen-bond acceptors (Lipinski definition) is 3. The molecule has 6 heteroatoms. The van der Waals surface area contributed by atoms with E-state index >= 15 is 0 Å². The Balaban J connectivity index is 1.39. The van der Waals surface area contributed by atoms with E-state index in [2.05, 4.69) is 44.4 Å². The standard InChI is InChI=1S/C16H19N5O/c22-16(7-11-21-13-17-12-19-21)18-8-3-9-20-10-6-14-4-1-2-5-15(14)20/h1-2,4-6,10,12-13H,3,7-9,11H2,(H,18,22). The van der Waals surface area contributed by atoms with Crippen LogP contribution in [0, 0.1) is 0 Å². The van der Waals surface area contributed by atoms with Crippen molar-refractivity contribution in [3.8, 4) is 0 Å². The molecule has 114 valence electrons. The van der Waals surface area contributed by atoms with E-state index in [9.17, 15) is 4.79 Å². The quantitative estimate of drug-likeness (QED) is 0.677. The maximum absolute atomic E-state index is 11.7. The molecular weight excluding hydrogens is 278 g/mol. The first-order valence-electron chi connectivity index (χ1n) is 7.46. The number of aromatic nitrogens is 4. The Kier molecular flexibility index (Phi) is 4.48. The van der Waals surface area contributed by atoms with Crippen LogP contribution in [0.1, 0.15) is 12.8 Å². The van der Waals surface area contributed by atoms with Crippen LogP contribution in [-0.2, 0) is 17.9 Å². The highest BCUT2D eigenvalue weighted by Crippen LogP contribution is 2.15. The molecule has 6 nitrogen and oxygen atoms in total. The minimum atomic E-state index is 0.0489. The largest absolute Gasteiger partial charge is 0.356 e. The molecule has 0 atom stereocenters. The van der Waals surface area contributed by atoms with Crippen molar-refractivity contribution in [1.82, 2.24) is 24.6 Å². The van der Waals surface area contributed by atoms with Gasteiger partial charge in [0.05, 0.1) is 6.54 Å². The number of carbonyl (C=O) groups is 1. The van der Waals surface area contributed by atoms with Crippen LogP contribution in [0.4, 0.5) is 0 Å². The van der Waals surface area contributed by atoms with E-state index in [0.717, 1.165) is 13.0 Å². The Morgan fingerprint density at radius 2 is 2.09 bits per heavy atom. The summed E-state index contributed by atoms with van der Waals surface area (Å²) in [5.41, 5.74) is 1.24. The fourth-order valence-electron chi connectivity index (χ4n) is 2.47. The van der Waals surface area contributed by atoms with E-state index < -0.39 is 0 Å². The highest BCUT2D eigenvalue weighted by molar-refractivity contribution is 5.79. The van der Waals surface area contributed by atoms with Gasteiger partial charge < -0.3 is 9.88 Å². The Labute approximate surface area is 128 Å². The lowest BCUT2D eigenvalue weighted by atomic mass is 10.2. The van der Waals surface area contributed by atoms with Crippen LogP contribution < -0.4 is 5.32 Å². The monoisotopic (exact) mass is 297 g/mol. The number of fused-ring (bicyclic) bond motifs is 1. The third-order valence-electron chi connectivity index (χ3n) is 3.61. The number of aryl methyl sites for hydroxylation is 2. The highest BCUT2D eigenvalue weighted by Gasteiger charge is 2.03. The van der Waals surface area contributed by atoms with Crippen molar-refractivity contribution in [3.05, 3.63) is 49.2 Å². The zero-order valence-corrected chi connectivity index (χ0v) is 12.4. The van der Waals surface area contributed by atoms with Crippen LogP contribution in [0.2, 0.25) is 0 Å². The second kappa shape index (κ2) is 6.89. The van der Waals surface area contributed by atoms with E-state index in [-0.39, 0.29) is 5.91 Å². The van der Waals surface area contributed by atoms with Gasteiger partial charge in [-0.2, -0.15) is 5.10 Å². The molecule has 22 heavy (non-hydrogen) atoms. The Morgan fingerprint density at radius 3 is 2.95 bits per heavy atom. The maximum Gasteiger partial charge on any atom is 0.221 e. The minimum Gasteiger partial charge on any atom is -0.356 e. The molecule has 0 saturated carbocycles. The van der Waals surface area contributed by atoms with Crippen molar-refractivity contribution in [2.24, 2.45) is 0 Å². The van der Waals surface area contributed by atoms with Crippen LogP contribution in [-0.4, -0.2) is 31.8 Å². The molecule has 0 aliphatic carbocycles. The van der Waals surface area contributed by atoms with Gasteiger partial charge in [-0.1, -0.05) is 18.2 Å². The second-order valence-corrected chi connectivity index (χ2v) is 5.18. The maximum atomic E-state index is 11.7. The van der Waals surface area contributed by atoms with E-state index in [4.69, 9.17) is 0 Å². The van der Waals surface area contributed by atoms with Crippen LogP contribution in [0.3, 0.4) is 0 Å². The molecule has 0 aliphatic rings. The van der Waals surface area contributed by atoms with E-state index in [1.807, 2.05) is 12.1 Å². The summed E-state index contributed by atoms with van der Waals surface area (Å²) in [5, 5.41) is 8.16. The van der Waals surface area contributed by atoms with Gasteiger partial charge in [-0.05, 0) is 23.9 Å². The third-order valence-corrected chi connectivity index (χ3v) is 3.61. The molecule has 0 saturated heterocycles. The molecule has 2 heterocycles. The van der Waals surface area contributed by atoms with Gasteiger partial charge in [-0.15, -0.1) is 0 Å². The molecule has 2 aromatic heterocycles. The van der Waals surface area contributed by atoms with Crippen LogP contribution >= 0.6 is 0 Å². The van der Waals surface area contributed by atoms with Gasteiger partial charge in [0.25, 0.3) is 0 Å². The molecule has 3 aromatic rings. The number of para-hydroxylation sites is 1. The van der Waals surface area contributed by atoms with Gasteiger partial charge in [-0.25, -0.2) is 4.98 Å². The van der Waals surface area contributed by atoms with Crippen molar-refractivity contribution in [2.75, 3.05) is 6.54 Å². The van der Waals surface area contributed by atoms with Crippen molar-refractivity contribution in [2.45, 2.75) is 25.9 Å². The normalized spacial score (nSPS) is 10.9. The van der Waals surface area contributed by atoms with Gasteiger partial charge in [0.1, 0.15) is 12.7 Å². The number of benzene rings is 1. The molecule has 1 amide bonds. The molecule has 3 rings (SSSR count). The SMILES string of the molecule is O=C(CCn1cncn1)NCCCn1ccc2ccccc21. The molecule has 0 aliphatic heterocycles. The summed E-state index contributed by atoms with van der Waals surface area (Å²) < 4.78 is 3.88. The Bertz CT molecular complexity index is 732. The zero-order valence-electron chi connectivity index (χ0n) is 12.4. The van der Waals surface area contributed by atoms with Gasteiger partial charge in [0.2, 0.25) is 5.91 Å². The third kappa shape index (κ3) is 3.52. The Morgan fingerprint density at radius 1 is 1.18 bits per heavy atom. The molecule has 0 unspecified atom stereocenters. The molecule has 0 fully saturated rings. The summed E-state index contributed by atoms with van der Waals surface area (Å²) in [6, 6.07) is 10.4. The summed E-state index contributed by atoms with van der Waals surface area (Å²) in [6.07, 6.45) is 6.52. The fraction of sp³-hybridized carbons (Fsp3) is 0.312. The number of nitrogens with one attached hydrogen (secondary N) is 1. The molecule has 1 N–H and O–H groups in total. The molecule has 0 spiro atoms. The average Bonchev–Trinajstić information content (AvgIpc) is 3.19. The van der Waals surface area contributed by atoms with E-state index in [0.29, 0.717) is 19.5 Å². The van der Waals surface area contributed by atoms with E-state index in [1.54, 1.807) is 11.0 Å². The summed E-state index contributed by atoms with van der Waals surface area (Å²) in [4.78, 5) is 15.6. The summed E-state index contributed by atoms with van der Waals surface area (Å²) >= 11 is 0. The lowest BCUT2D eigenvalue weighted by molar-refractivity contribution is -0.121. The zero-order chi connectivity index (χ0) is 15.2. The first-order chi connectivity index (χ1) is 10.8. The molecule has 0 bridgehead atoms. The number of amides is 1. The van der Waals surface area contributed by atoms with E-state index in [1.165, 1.54) is 17.2 Å². The Hall–Kier alpha value is -2.63. The van der Waals surface area contributed by atoms with Gasteiger partial charge in [0.15, 0.2) is 0 Å². The van der Waals surface area contributed by atoms with Crippen molar-refractivity contribution in [3.63, 3.8) is 0 Å².